The van der Waals surface area contributed by atoms with E-state index in [1.807, 2.05) is 6.07 Å². The third-order valence-corrected chi connectivity index (χ3v) is 9.55. The van der Waals surface area contributed by atoms with Crippen molar-refractivity contribution in [1.82, 2.24) is 0 Å². The van der Waals surface area contributed by atoms with Crippen LogP contribution >= 0.6 is 15.9 Å². The fourth-order valence-corrected chi connectivity index (χ4v) is 3.48. The predicted molar refractivity (Wildman–Crippen MR) is 94.0 cm³/mol. The van der Waals surface area contributed by atoms with E-state index in [0.29, 0.717) is 24.4 Å². The molecule has 0 unspecified atom stereocenters. The van der Waals surface area contributed by atoms with Gasteiger partial charge in [0.05, 0.1) is 17.9 Å². The van der Waals surface area contributed by atoms with Gasteiger partial charge in [0.25, 0.3) is 11.7 Å². The Labute approximate surface area is 141 Å². The lowest BCUT2D eigenvalue weighted by Gasteiger charge is -2.36. The van der Waals surface area contributed by atoms with Crippen LogP contribution in [0.3, 0.4) is 0 Å². The number of benzene rings is 1. The number of fused-ring (bicyclic) bond motifs is 1. The van der Waals surface area contributed by atoms with Gasteiger partial charge in [0, 0.05) is 11.0 Å². The monoisotopic (exact) mass is 383 g/mol. The van der Waals surface area contributed by atoms with Crippen LogP contribution in [-0.4, -0.2) is 33.2 Å². The molecule has 1 aliphatic heterocycles. The Morgan fingerprint density at radius 1 is 1.23 bits per heavy atom. The summed E-state index contributed by atoms with van der Waals surface area (Å²) >= 11 is 3.38. The van der Waals surface area contributed by atoms with Crippen molar-refractivity contribution in [3.05, 3.63) is 28.2 Å². The van der Waals surface area contributed by atoms with Gasteiger partial charge in [-0.1, -0.05) is 36.7 Å². The van der Waals surface area contributed by atoms with Crippen molar-refractivity contribution in [3.8, 4) is 0 Å². The topological polar surface area (TPSA) is 46.6 Å². The molecule has 0 spiro atoms. The minimum absolute atomic E-state index is 0.124. The molecule has 0 saturated carbocycles. The molecule has 1 aromatic carbocycles. The maximum atomic E-state index is 12.1. The van der Waals surface area contributed by atoms with Gasteiger partial charge in [-0.05, 0) is 36.3 Å². The number of nitrogens with zero attached hydrogens (tertiary/aromatic N) is 1. The molecule has 1 aromatic rings. The van der Waals surface area contributed by atoms with Crippen molar-refractivity contribution in [2.24, 2.45) is 0 Å². The van der Waals surface area contributed by atoms with E-state index >= 15 is 0 Å². The first-order valence-electron chi connectivity index (χ1n) is 7.34. The molecule has 0 aliphatic carbocycles. The van der Waals surface area contributed by atoms with Crippen LogP contribution in [0.5, 0.6) is 0 Å². The molecule has 0 saturated heterocycles. The molecule has 0 N–H and O–H groups in total. The number of carbonyl (C=O) groups is 2. The van der Waals surface area contributed by atoms with Gasteiger partial charge in [0.15, 0.2) is 8.32 Å². The molecule has 4 nitrogen and oxygen atoms in total. The van der Waals surface area contributed by atoms with Gasteiger partial charge in [-0.2, -0.15) is 0 Å². The van der Waals surface area contributed by atoms with Crippen LogP contribution in [0.25, 0.3) is 0 Å². The minimum atomic E-state index is -1.85. The van der Waals surface area contributed by atoms with Gasteiger partial charge in [0.1, 0.15) is 0 Å². The lowest BCUT2D eigenvalue weighted by molar-refractivity contribution is -0.114. The zero-order valence-corrected chi connectivity index (χ0v) is 16.3. The number of hydrogen-bond donors (Lipinski definition) is 0. The Kier molecular flexibility index (Phi) is 4.66. The van der Waals surface area contributed by atoms with E-state index in [-0.39, 0.29) is 5.04 Å². The average Bonchev–Trinajstić information content (AvgIpc) is 2.62. The van der Waals surface area contributed by atoms with Crippen molar-refractivity contribution < 1.29 is 14.0 Å². The summed E-state index contributed by atoms with van der Waals surface area (Å²) in [5.41, 5.74) is 1.14. The summed E-state index contributed by atoms with van der Waals surface area (Å²) in [5, 5.41) is 0.124. The summed E-state index contributed by atoms with van der Waals surface area (Å²) < 4.78 is 6.96. The van der Waals surface area contributed by atoms with Crippen LogP contribution in [-0.2, 0) is 9.22 Å². The number of Topliss-reactive ketones (excluding diaryl/α,β-unsaturated/α-hetero) is 1. The maximum Gasteiger partial charge on any atom is 0.299 e. The van der Waals surface area contributed by atoms with Gasteiger partial charge in [-0.15, -0.1) is 0 Å². The van der Waals surface area contributed by atoms with Crippen LogP contribution in [0.2, 0.25) is 18.1 Å². The quantitative estimate of drug-likeness (QED) is 0.582. The second-order valence-corrected chi connectivity index (χ2v) is 12.8. The Hall–Kier alpha value is -0.983. The van der Waals surface area contributed by atoms with E-state index in [0.717, 1.165) is 4.47 Å². The predicted octanol–water partition coefficient (Wildman–Crippen LogP) is 4.00. The molecular formula is C16H22BrNO3Si. The second kappa shape index (κ2) is 5.90. The van der Waals surface area contributed by atoms with Crippen LogP contribution < -0.4 is 4.90 Å². The highest BCUT2D eigenvalue weighted by atomic mass is 79.9. The van der Waals surface area contributed by atoms with Crippen molar-refractivity contribution in [2.45, 2.75) is 38.9 Å². The third-order valence-electron chi connectivity index (χ3n) is 4.52. The van der Waals surface area contributed by atoms with E-state index in [4.69, 9.17) is 4.43 Å². The highest BCUT2D eigenvalue weighted by molar-refractivity contribution is 9.10. The highest BCUT2D eigenvalue weighted by Gasteiger charge is 2.39. The van der Waals surface area contributed by atoms with Crippen LogP contribution in [0.15, 0.2) is 22.7 Å². The van der Waals surface area contributed by atoms with Crippen LogP contribution in [0, 0.1) is 0 Å². The van der Waals surface area contributed by atoms with E-state index in [2.05, 4.69) is 49.8 Å². The molecular weight excluding hydrogens is 362 g/mol. The zero-order chi connectivity index (χ0) is 16.7. The molecule has 0 radical (unpaired) electrons. The Bertz CT molecular complexity index is 622. The standard InChI is InChI=1S/C16H22BrNO3Si/c1-16(2,3)22(4,5)21-9-8-18-13-10-11(17)6-7-12(13)14(19)15(18)20/h6-7,10H,8-9H2,1-5H3. The minimum Gasteiger partial charge on any atom is -0.415 e. The fourth-order valence-electron chi connectivity index (χ4n) is 2.10. The molecule has 0 fully saturated rings. The largest absolute Gasteiger partial charge is 0.415 e. The first kappa shape index (κ1) is 17.4. The fraction of sp³-hybridized carbons (Fsp3) is 0.500. The Morgan fingerprint density at radius 2 is 1.86 bits per heavy atom. The normalized spacial score (nSPS) is 15.5. The smallest absolute Gasteiger partial charge is 0.299 e. The summed E-state index contributed by atoms with van der Waals surface area (Å²) in [4.78, 5) is 25.7. The molecule has 0 bridgehead atoms. The summed E-state index contributed by atoms with van der Waals surface area (Å²) in [6.07, 6.45) is 0. The van der Waals surface area contributed by atoms with E-state index < -0.39 is 20.0 Å². The Balaban J connectivity index is 2.10. The summed E-state index contributed by atoms with van der Waals surface area (Å²) in [7, 11) is -1.85. The van der Waals surface area contributed by atoms with Crippen LogP contribution in [0.4, 0.5) is 5.69 Å². The molecule has 1 heterocycles. The zero-order valence-electron chi connectivity index (χ0n) is 13.7. The SMILES string of the molecule is CC(C)(C)[Si](C)(C)OCCN1C(=O)C(=O)c2ccc(Br)cc21. The van der Waals surface area contributed by atoms with Crippen LogP contribution in [0.1, 0.15) is 31.1 Å². The summed E-state index contributed by atoms with van der Waals surface area (Å²) in [6, 6.07) is 5.28. The van der Waals surface area contributed by atoms with Crippen molar-refractivity contribution >= 4 is 41.6 Å². The molecule has 6 heteroatoms. The molecule has 0 atom stereocenters. The van der Waals surface area contributed by atoms with E-state index in [9.17, 15) is 9.59 Å². The number of ketones is 1. The number of rotatable bonds is 4. The summed E-state index contributed by atoms with van der Waals surface area (Å²) in [6.45, 7) is 11.7. The van der Waals surface area contributed by atoms with Crippen molar-refractivity contribution in [3.63, 3.8) is 0 Å². The number of carbonyl (C=O) groups excluding carboxylic acids is 2. The summed E-state index contributed by atoms with van der Waals surface area (Å²) in [5.74, 6) is -0.901. The molecule has 120 valence electrons. The van der Waals surface area contributed by atoms with Gasteiger partial charge in [-0.3, -0.25) is 9.59 Å². The molecule has 1 amide bonds. The van der Waals surface area contributed by atoms with E-state index in [1.165, 1.54) is 4.90 Å². The number of hydrogen-bond acceptors (Lipinski definition) is 3. The Morgan fingerprint density at radius 3 is 2.45 bits per heavy atom. The lowest BCUT2D eigenvalue weighted by atomic mass is 10.1. The van der Waals surface area contributed by atoms with Gasteiger partial charge in [-0.25, -0.2) is 0 Å². The third kappa shape index (κ3) is 3.19. The van der Waals surface area contributed by atoms with Gasteiger partial charge < -0.3 is 9.33 Å². The number of amides is 1. The van der Waals surface area contributed by atoms with Gasteiger partial charge in [0.2, 0.25) is 0 Å². The van der Waals surface area contributed by atoms with E-state index in [1.54, 1.807) is 12.1 Å². The number of halogens is 1. The molecule has 22 heavy (non-hydrogen) atoms. The lowest BCUT2D eigenvalue weighted by Crippen LogP contribution is -2.43. The average molecular weight is 384 g/mol. The second-order valence-electron chi connectivity index (χ2n) is 7.06. The number of anilines is 1. The molecule has 2 rings (SSSR count). The first-order valence-corrected chi connectivity index (χ1v) is 11.0. The highest BCUT2D eigenvalue weighted by Crippen LogP contribution is 2.37. The molecule has 0 aromatic heterocycles. The maximum absolute atomic E-state index is 12.1. The van der Waals surface area contributed by atoms with Crippen molar-refractivity contribution in [1.29, 1.82) is 0 Å². The van der Waals surface area contributed by atoms with Gasteiger partial charge >= 0.3 is 0 Å². The molecule has 1 aliphatic rings. The van der Waals surface area contributed by atoms with Crippen molar-refractivity contribution in [2.75, 3.05) is 18.1 Å². The first-order chi connectivity index (χ1) is 10.0.